The van der Waals surface area contributed by atoms with Gasteiger partial charge in [-0.25, -0.2) is 0 Å². The van der Waals surface area contributed by atoms with E-state index in [1.165, 1.54) is 0 Å². The summed E-state index contributed by atoms with van der Waals surface area (Å²) in [6.07, 6.45) is 3.84. The number of nitrogens with one attached hydrogen (secondary N) is 1. The zero-order chi connectivity index (χ0) is 17.8. The molecular weight excluding hydrogens is 340 g/mol. The SMILES string of the molecule is CN(CCOc1ccc(Cl)cc1)C(=O)[C@H]1CNC[C@@H]1c1cnn(C)c1. The number of benzene rings is 1. The van der Waals surface area contributed by atoms with Crippen molar-refractivity contribution in [3.05, 3.63) is 47.2 Å². The van der Waals surface area contributed by atoms with Crippen molar-refractivity contribution in [2.24, 2.45) is 13.0 Å². The molecule has 0 bridgehead atoms. The van der Waals surface area contributed by atoms with Crippen LogP contribution in [0.15, 0.2) is 36.7 Å². The monoisotopic (exact) mass is 362 g/mol. The van der Waals surface area contributed by atoms with Crippen molar-refractivity contribution in [3.63, 3.8) is 0 Å². The molecule has 25 heavy (non-hydrogen) atoms. The molecule has 7 heteroatoms. The lowest BCUT2D eigenvalue weighted by molar-refractivity contribution is -0.134. The smallest absolute Gasteiger partial charge is 0.227 e. The number of amides is 1. The number of rotatable bonds is 6. The molecule has 1 aliphatic heterocycles. The van der Waals surface area contributed by atoms with E-state index in [0.717, 1.165) is 17.9 Å². The summed E-state index contributed by atoms with van der Waals surface area (Å²) < 4.78 is 7.45. The number of carbonyl (C=O) groups excluding carboxylic acids is 1. The molecule has 1 aromatic heterocycles. The Balaban J connectivity index is 1.53. The van der Waals surface area contributed by atoms with Gasteiger partial charge in [0, 0.05) is 44.3 Å². The summed E-state index contributed by atoms with van der Waals surface area (Å²) in [7, 11) is 3.72. The molecule has 1 fully saturated rings. The second-order valence-corrected chi connectivity index (χ2v) is 6.82. The van der Waals surface area contributed by atoms with Crippen molar-refractivity contribution in [1.82, 2.24) is 20.0 Å². The summed E-state index contributed by atoms with van der Waals surface area (Å²) in [5.74, 6) is 0.991. The molecule has 0 radical (unpaired) electrons. The Morgan fingerprint density at radius 2 is 2.16 bits per heavy atom. The molecule has 1 aliphatic rings. The minimum absolute atomic E-state index is 0.0651. The number of aryl methyl sites for hydroxylation is 1. The predicted octanol–water partition coefficient (Wildman–Crippen LogP) is 1.91. The van der Waals surface area contributed by atoms with Crippen LogP contribution in [-0.2, 0) is 11.8 Å². The Hall–Kier alpha value is -2.05. The first-order chi connectivity index (χ1) is 12.0. The van der Waals surface area contributed by atoms with Gasteiger partial charge in [0.05, 0.1) is 18.7 Å². The Morgan fingerprint density at radius 3 is 2.84 bits per heavy atom. The first kappa shape index (κ1) is 17.8. The Labute approximate surface area is 152 Å². The van der Waals surface area contributed by atoms with Crippen LogP contribution in [0.1, 0.15) is 11.5 Å². The van der Waals surface area contributed by atoms with Crippen LogP contribution in [0.3, 0.4) is 0 Å². The third-order valence-corrected chi connectivity index (χ3v) is 4.82. The molecule has 0 spiro atoms. The lowest BCUT2D eigenvalue weighted by atomic mass is 9.90. The average Bonchev–Trinajstić information content (AvgIpc) is 3.24. The van der Waals surface area contributed by atoms with E-state index in [0.29, 0.717) is 24.7 Å². The van der Waals surface area contributed by atoms with E-state index in [2.05, 4.69) is 10.4 Å². The highest BCUT2D eigenvalue weighted by atomic mass is 35.5. The van der Waals surface area contributed by atoms with Gasteiger partial charge in [0.15, 0.2) is 0 Å². The van der Waals surface area contributed by atoms with Crippen LogP contribution in [0.4, 0.5) is 0 Å². The topological polar surface area (TPSA) is 59.4 Å². The van der Waals surface area contributed by atoms with Crippen molar-refractivity contribution in [2.75, 3.05) is 33.3 Å². The molecule has 2 aromatic rings. The number of nitrogens with zero attached hydrogens (tertiary/aromatic N) is 3. The molecule has 0 aliphatic carbocycles. The zero-order valence-electron chi connectivity index (χ0n) is 14.5. The van der Waals surface area contributed by atoms with Crippen LogP contribution in [0.25, 0.3) is 0 Å². The predicted molar refractivity (Wildman–Crippen MR) is 96.9 cm³/mol. The van der Waals surface area contributed by atoms with Crippen molar-refractivity contribution in [2.45, 2.75) is 5.92 Å². The van der Waals surface area contributed by atoms with Crippen LogP contribution in [0.2, 0.25) is 5.02 Å². The minimum Gasteiger partial charge on any atom is -0.492 e. The van der Waals surface area contributed by atoms with Crippen molar-refractivity contribution in [1.29, 1.82) is 0 Å². The van der Waals surface area contributed by atoms with Gasteiger partial charge in [-0.3, -0.25) is 9.48 Å². The Morgan fingerprint density at radius 1 is 1.40 bits per heavy atom. The summed E-state index contributed by atoms with van der Waals surface area (Å²) in [5.41, 5.74) is 1.11. The van der Waals surface area contributed by atoms with Gasteiger partial charge < -0.3 is 15.0 Å². The van der Waals surface area contributed by atoms with E-state index >= 15 is 0 Å². The van der Waals surface area contributed by atoms with E-state index in [4.69, 9.17) is 16.3 Å². The lowest BCUT2D eigenvalue weighted by Crippen LogP contribution is -2.38. The van der Waals surface area contributed by atoms with Crippen LogP contribution in [0.5, 0.6) is 5.75 Å². The maximum Gasteiger partial charge on any atom is 0.227 e. The maximum absolute atomic E-state index is 12.8. The van der Waals surface area contributed by atoms with Gasteiger partial charge in [0.1, 0.15) is 12.4 Å². The summed E-state index contributed by atoms with van der Waals surface area (Å²) in [5, 5.41) is 8.22. The molecular formula is C18H23ClN4O2. The van der Waals surface area contributed by atoms with Crippen LogP contribution in [-0.4, -0.2) is 53.9 Å². The average molecular weight is 363 g/mol. The molecule has 3 rings (SSSR count). The van der Waals surface area contributed by atoms with E-state index in [1.54, 1.807) is 21.7 Å². The number of carbonyl (C=O) groups is 1. The highest BCUT2D eigenvalue weighted by Crippen LogP contribution is 2.29. The summed E-state index contributed by atoms with van der Waals surface area (Å²) in [6, 6.07) is 7.22. The van der Waals surface area contributed by atoms with Crippen LogP contribution < -0.4 is 10.1 Å². The molecule has 6 nitrogen and oxygen atoms in total. The third-order valence-electron chi connectivity index (χ3n) is 4.57. The fourth-order valence-corrected chi connectivity index (χ4v) is 3.27. The van der Waals surface area contributed by atoms with Gasteiger partial charge in [0.2, 0.25) is 5.91 Å². The number of halogens is 1. The Bertz CT molecular complexity index is 716. The number of hydrogen-bond donors (Lipinski definition) is 1. The maximum atomic E-state index is 12.8. The molecule has 134 valence electrons. The molecule has 1 saturated heterocycles. The van der Waals surface area contributed by atoms with E-state index < -0.39 is 0 Å². The first-order valence-electron chi connectivity index (χ1n) is 8.37. The van der Waals surface area contributed by atoms with Gasteiger partial charge in [-0.05, 0) is 29.8 Å². The standard InChI is InChI=1S/C18H23ClN4O2/c1-22(7-8-25-15-5-3-14(19)4-6-15)18(24)17-11-20-10-16(17)13-9-21-23(2)12-13/h3-6,9,12,16-17,20H,7-8,10-11H2,1-2H3/t16-,17+/m1/s1. The normalized spacial score (nSPS) is 19.8. The second kappa shape index (κ2) is 7.89. The lowest BCUT2D eigenvalue weighted by Gasteiger charge is -2.24. The molecule has 0 saturated carbocycles. The first-order valence-corrected chi connectivity index (χ1v) is 8.75. The fourth-order valence-electron chi connectivity index (χ4n) is 3.14. The third kappa shape index (κ3) is 4.32. The Kier molecular flexibility index (Phi) is 5.60. The van der Waals surface area contributed by atoms with Gasteiger partial charge in [0.25, 0.3) is 0 Å². The number of hydrogen-bond acceptors (Lipinski definition) is 4. The molecule has 1 aromatic carbocycles. The van der Waals surface area contributed by atoms with Gasteiger partial charge >= 0.3 is 0 Å². The summed E-state index contributed by atoms with van der Waals surface area (Å²) in [6.45, 7) is 2.48. The second-order valence-electron chi connectivity index (χ2n) is 6.38. The van der Waals surface area contributed by atoms with Crippen LogP contribution >= 0.6 is 11.6 Å². The molecule has 0 unspecified atom stereocenters. The molecule has 2 heterocycles. The highest BCUT2D eigenvalue weighted by molar-refractivity contribution is 6.30. The fraction of sp³-hybridized carbons (Fsp3) is 0.444. The largest absolute Gasteiger partial charge is 0.492 e. The number of aromatic nitrogens is 2. The molecule has 1 N–H and O–H groups in total. The van der Waals surface area contributed by atoms with Crippen LogP contribution in [0, 0.1) is 5.92 Å². The molecule has 2 atom stereocenters. The van der Waals surface area contributed by atoms with E-state index in [9.17, 15) is 4.79 Å². The zero-order valence-corrected chi connectivity index (χ0v) is 15.2. The highest BCUT2D eigenvalue weighted by Gasteiger charge is 2.36. The molecule has 1 amide bonds. The van der Waals surface area contributed by atoms with E-state index in [1.807, 2.05) is 38.6 Å². The van der Waals surface area contributed by atoms with Gasteiger partial charge in [-0.2, -0.15) is 5.10 Å². The van der Waals surface area contributed by atoms with Gasteiger partial charge in [-0.15, -0.1) is 0 Å². The summed E-state index contributed by atoms with van der Waals surface area (Å²) >= 11 is 5.86. The van der Waals surface area contributed by atoms with Crippen molar-refractivity contribution in [3.8, 4) is 5.75 Å². The summed E-state index contributed by atoms with van der Waals surface area (Å²) in [4.78, 5) is 14.6. The number of likely N-dealkylation sites (N-methyl/N-ethyl adjacent to an activating group) is 1. The number of ether oxygens (including phenoxy) is 1. The van der Waals surface area contributed by atoms with Crippen molar-refractivity contribution < 1.29 is 9.53 Å². The quantitative estimate of drug-likeness (QED) is 0.852. The van der Waals surface area contributed by atoms with Gasteiger partial charge in [-0.1, -0.05) is 11.6 Å². The minimum atomic E-state index is -0.0651. The van der Waals surface area contributed by atoms with E-state index in [-0.39, 0.29) is 17.7 Å². The van der Waals surface area contributed by atoms with Crippen molar-refractivity contribution >= 4 is 17.5 Å².